The normalized spacial score (nSPS) is 18.9. The third kappa shape index (κ3) is 3.18. The summed E-state index contributed by atoms with van der Waals surface area (Å²) in [5.74, 6) is -0.997. The van der Waals surface area contributed by atoms with Gasteiger partial charge in [0.15, 0.2) is 0 Å². The summed E-state index contributed by atoms with van der Waals surface area (Å²) in [5, 5.41) is 12.0. The van der Waals surface area contributed by atoms with Crippen molar-refractivity contribution in [2.75, 3.05) is 0 Å². The van der Waals surface area contributed by atoms with E-state index >= 15 is 0 Å². The molecule has 1 saturated carbocycles. The molecule has 0 aromatic heterocycles. The third-order valence-electron chi connectivity index (χ3n) is 4.10. The first kappa shape index (κ1) is 14.6. The van der Waals surface area contributed by atoms with Crippen molar-refractivity contribution in [1.82, 2.24) is 5.32 Å². The molecule has 0 aliphatic heterocycles. The van der Waals surface area contributed by atoms with Crippen LogP contribution in [0.2, 0.25) is 0 Å². The number of hydrogen-bond acceptors (Lipinski definition) is 2. The van der Waals surface area contributed by atoms with Crippen molar-refractivity contribution in [3.8, 4) is 0 Å². The minimum Gasteiger partial charge on any atom is -0.480 e. The minimum absolute atomic E-state index is 0.0657. The van der Waals surface area contributed by atoms with E-state index in [1.807, 2.05) is 37.3 Å². The predicted octanol–water partition coefficient (Wildman–Crippen LogP) is 2.55. The maximum Gasteiger partial charge on any atom is 0.329 e. The molecule has 1 aromatic carbocycles. The summed E-state index contributed by atoms with van der Waals surface area (Å²) in [6, 6.07) is 9.78. The van der Waals surface area contributed by atoms with Crippen molar-refractivity contribution < 1.29 is 14.7 Å². The van der Waals surface area contributed by atoms with Crippen LogP contribution in [-0.2, 0) is 9.59 Å². The summed E-state index contributed by atoms with van der Waals surface area (Å²) in [5.41, 5.74) is -0.0286. The van der Waals surface area contributed by atoms with E-state index in [2.05, 4.69) is 5.32 Å². The Balaban J connectivity index is 1.97. The first-order valence-electron chi connectivity index (χ1n) is 7.03. The topological polar surface area (TPSA) is 66.4 Å². The van der Waals surface area contributed by atoms with E-state index in [0.29, 0.717) is 6.42 Å². The first-order valence-corrected chi connectivity index (χ1v) is 7.03. The highest BCUT2D eigenvalue weighted by atomic mass is 16.4. The lowest BCUT2D eigenvalue weighted by Gasteiger charge is -2.26. The number of carboxylic acid groups (broad SMARTS) is 1. The summed E-state index contributed by atoms with van der Waals surface area (Å²) in [6.07, 6.45) is 2.05. The lowest BCUT2D eigenvalue weighted by atomic mass is 9.93. The van der Waals surface area contributed by atoms with Gasteiger partial charge in [-0.05, 0) is 37.2 Å². The Labute approximate surface area is 119 Å². The van der Waals surface area contributed by atoms with Gasteiger partial charge in [-0.25, -0.2) is 4.79 Å². The van der Waals surface area contributed by atoms with Crippen LogP contribution in [0.5, 0.6) is 0 Å². The number of carbonyl (C=O) groups excluding carboxylic acids is 1. The second kappa shape index (κ2) is 5.65. The number of rotatable bonds is 6. The number of aliphatic carboxylic acids is 1. The third-order valence-corrected chi connectivity index (χ3v) is 4.10. The fourth-order valence-electron chi connectivity index (χ4n) is 2.51. The average molecular weight is 275 g/mol. The van der Waals surface area contributed by atoms with Crippen LogP contribution in [0.15, 0.2) is 30.3 Å². The van der Waals surface area contributed by atoms with Crippen LogP contribution in [0, 0.1) is 5.92 Å². The molecule has 2 rings (SSSR count). The largest absolute Gasteiger partial charge is 0.480 e. The summed E-state index contributed by atoms with van der Waals surface area (Å²) in [4.78, 5) is 23.5. The van der Waals surface area contributed by atoms with Gasteiger partial charge < -0.3 is 10.4 Å². The van der Waals surface area contributed by atoms with Crippen LogP contribution < -0.4 is 5.32 Å². The molecule has 0 radical (unpaired) electrons. The maximum atomic E-state index is 12.1. The Kier molecular flexibility index (Phi) is 4.12. The van der Waals surface area contributed by atoms with Crippen LogP contribution in [0.1, 0.15) is 44.6 Å². The van der Waals surface area contributed by atoms with Gasteiger partial charge in [-0.3, -0.25) is 4.79 Å². The summed E-state index contributed by atoms with van der Waals surface area (Å²) in [6.45, 7) is 3.59. The van der Waals surface area contributed by atoms with E-state index in [0.717, 1.165) is 18.4 Å². The molecule has 0 spiro atoms. The number of amides is 1. The second-order valence-electron chi connectivity index (χ2n) is 5.85. The molecular weight excluding hydrogens is 254 g/mol. The number of carboxylic acids is 1. The van der Waals surface area contributed by atoms with E-state index in [9.17, 15) is 14.7 Å². The van der Waals surface area contributed by atoms with Crippen molar-refractivity contribution in [3.05, 3.63) is 35.9 Å². The van der Waals surface area contributed by atoms with Crippen molar-refractivity contribution in [2.45, 2.75) is 44.6 Å². The molecule has 1 fully saturated rings. The molecule has 1 aliphatic carbocycles. The highest BCUT2D eigenvalue weighted by Gasteiger charge is 2.48. The molecule has 4 nitrogen and oxygen atoms in total. The van der Waals surface area contributed by atoms with Gasteiger partial charge in [0.25, 0.3) is 0 Å². The number of hydrogen-bond donors (Lipinski definition) is 2. The Morgan fingerprint density at radius 2 is 1.95 bits per heavy atom. The lowest BCUT2D eigenvalue weighted by Crippen LogP contribution is -2.54. The zero-order valence-electron chi connectivity index (χ0n) is 11.9. The Bertz CT molecular complexity index is 496. The van der Waals surface area contributed by atoms with Gasteiger partial charge >= 0.3 is 5.97 Å². The molecule has 0 heterocycles. The van der Waals surface area contributed by atoms with Gasteiger partial charge in [0.1, 0.15) is 5.54 Å². The molecule has 0 saturated heterocycles. The fourth-order valence-corrected chi connectivity index (χ4v) is 2.51. The summed E-state index contributed by atoms with van der Waals surface area (Å²) < 4.78 is 0. The standard InChI is InChI=1S/C16H21NO3/c1-11(12-6-4-3-5-7-12)10-14(18)17-16(2,15(19)20)13-8-9-13/h3-7,11,13H,8-10H2,1-2H3,(H,17,18)(H,19,20). The van der Waals surface area contributed by atoms with Gasteiger partial charge in [0, 0.05) is 6.42 Å². The van der Waals surface area contributed by atoms with Gasteiger partial charge in [-0.15, -0.1) is 0 Å². The Morgan fingerprint density at radius 3 is 2.45 bits per heavy atom. The molecule has 108 valence electrons. The number of carbonyl (C=O) groups is 2. The Hall–Kier alpha value is -1.84. The quantitative estimate of drug-likeness (QED) is 0.838. The number of benzene rings is 1. The second-order valence-corrected chi connectivity index (χ2v) is 5.85. The van der Waals surface area contributed by atoms with Crippen LogP contribution in [-0.4, -0.2) is 22.5 Å². The molecule has 1 aromatic rings. The highest BCUT2D eigenvalue weighted by molar-refractivity contribution is 5.87. The molecule has 1 aliphatic rings. The molecule has 2 atom stereocenters. The van der Waals surface area contributed by atoms with Crippen LogP contribution >= 0.6 is 0 Å². The van der Waals surface area contributed by atoms with E-state index in [-0.39, 0.29) is 17.7 Å². The smallest absolute Gasteiger partial charge is 0.329 e. The zero-order valence-corrected chi connectivity index (χ0v) is 11.9. The van der Waals surface area contributed by atoms with Crippen molar-refractivity contribution in [3.63, 3.8) is 0 Å². The molecule has 20 heavy (non-hydrogen) atoms. The van der Waals surface area contributed by atoms with Crippen LogP contribution in [0.3, 0.4) is 0 Å². The lowest BCUT2D eigenvalue weighted by molar-refractivity contribution is -0.148. The van der Waals surface area contributed by atoms with Crippen molar-refractivity contribution >= 4 is 11.9 Å². The Morgan fingerprint density at radius 1 is 1.35 bits per heavy atom. The van der Waals surface area contributed by atoms with E-state index < -0.39 is 11.5 Å². The zero-order chi connectivity index (χ0) is 14.8. The molecule has 1 amide bonds. The van der Waals surface area contributed by atoms with E-state index in [1.165, 1.54) is 0 Å². The van der Waals surface area contributed by atoms with Gasteiger partial charge in [-0.2, -0.15) is 0 Å². The monoisotopic (exact) mass is 275 g/mol. The minimum atomic E-state index is -1.12. The molecule has 0 bridgehead atoms. The highest BCUT2D eigenvalue weighted by Crippen LogP contribution is 2.39. The molecule has 2 unspecified atom stereocenters. The summed E-state index contributed by atoms with van der Waals surface area (Å²) in [7, 11) is 0. The van der Waals surface area contributed by atoms with Crippen molar-refractivity contribution in [2.24, 2.45) is 5.92 Å². The van der Waals surface area contributed by atoms with Crippen LogP contribution in [0.4, 0.5) is 0 Å². The fraction of sp³-hybridized carbons (Fsp3) is 0.500. The molecule has 2 N–H and O–H groups in total. The SMILES string of the molecule is CC(CC(=O)NC(C)(C(=O)O)C1CC1)c1ccccc1. The number of nitrogens with one attached hydrogen (secondary N) is 1. The van der Waals surface area contributed by atoms with Gasteiger partial charge in [0.2, 0.25) is 5.91 Å². The van der Waals surface area contributed by atoms with Crippen molar-refractivity contribution in [1.29, 1.82) is 0 Å². The molecular formula is C16H21NO3. The van der Waals surface area contributed by atoms with E-state index in [1.54, 1.807) is 6.92 Å². The van der Waals surface area contributed by atoms with E-state index in [4.69, 9.17) is 0 Å². The molecule has 4 heteroatoms. The average Bonchev–Trinajstić information content (AvgIpc) is 3.23. The first-order chi connectivity index (χ1) is 9.43. The maximum absolute atomic E-state index is 12.1. The summed E-state index contributed by atoms with van der Waals surface area (Å²) >= 11 is 0. The van der Waals surface area contributed by atoms with Crippen LogP contribution in [0.25, 0.3) is 0 Å². The van der Waals surface area contributed by atoms with Gasteiger partial charge in [-0.1, -0.05) is 37.3 Å². The predicted molar refractivity (Wildman–Crippen MR) is 76.4 cm³/mol. The van der Waals surface area contributed by atoms with Gasteiger partial charge in [0.05, 0.1) is 0 Å².